The van der Waals surface area contributed by atoms with E-state index >= 15 is 0 Å². The predicted octanol–water partition coefficient (Wildman–Crippen LogP) is 4.96. The third kappa shape index (κ3) is 2.95. The van der Waals surface area contributed by atoms with Crippen molar-refractivity contribution in [3.05, 3.63) is 53.9 Å². The van der Waals surface area contributed by atoms with Crippen LogP contribution in [-0.4, -0.2) is 22.0 Å². The third-order valence-electron chi connectivity index (χ3n) is 5.19. The van der Waals surface area contributed by atoms with Crippen LogP contribution in [0.5, 0.6) is 0 Å². The van der Waals surface area contributed by atoms with Gasteiger partial charge in [-0.25, -0.2) is 0 Å². The number of hydrogen-bond acceptors (Lipinski definition) is 2. The zero-order valence-corrected chi connectivity index (χ0v) is 16.6. The number of benzene rings is 2. The van der Waals surface area contributed by atoms with Crippen LogP contribution in [0.1, 0.15) is 36.7 Å². The summed E-state index contributed by atoms with van der Waals surface area (Å²) in [6, 6.07) is 10.2. The number of nitrogens with zero attached hydrogens (tertiary/aromatic N) is 2. The number of fused-ring (bicyclic) bond motifs is 4. The highest BCUT2D eigenvalue weighted by atomic mass is 16.1. The quantitative estimate of drug-likeness (QED) is 0.550. The van der Waals surface area contributed by atoms with Crippen LogP contribution in [-0.2, 0) is 7.05 Å². The minimum absolute atomic E-state index is 0.0250. The maximum absolute atomic E-state index is 12.6. The molecule has 0 saturated heterocycles. The van der Waals surface area contributed by atoms with E-state index in [9.17, 15) is 4.79 Å². The molecule has 0 aliphatic heterocycles. The van der Waals surface area contributed by atoms with Crippen LogP contribution in [0.4, 0.5) is 0 Å². The van der Waals surface area contributed by atoms with E-state index in [-0.39, 0.29) is 11.3 Å². The van der Waals surface area contributed by atoms with Gasteiger partial charge in [-0.3, -0.25) is 9.78 Å². The summed E-state index contributed by atoms with van der Waals surface area (Å²) in [6.07, 6.45) is 3.74. The van der Waals surface area contributed by atoms with Gasteiger partial charge < -0.3 is 9.88 Å². The molecule has 4 aromatic rings. The first kappa shape index (κ1) is 17.5. The van der Waals surface area contributed by atoms with Crippen molar-refractivity contribution in [2.45, 2.75) is 27.7 Å². The van der Waals surface area contributed by atoms with E-state index in [1.54, 1.807) is 0 Å². The number of hydrogen-bond donors (Lipinski definition) is 1. The second-order valence-electron chi connectivity index (χ2n) is 8.53. The summed E-state index contributed by atoms with van der Waals surface area (Å²) in [5, 5.41) is 7.65. The molecule has 0 fully saturated rings. The SMILES string of the molecule is Cc1c2ccncc2cc2c3cc(C(=O)NCC(C)(C)C)ccc3n(C)c12. The van der Waals surface area contributed by atoms with Crippen molar-refractivity contribution in [1.82, 2.24) is 14.9 Å². The molecular formula is C23H25N3O. The molecular weight excluding hydrogens is 334 g/mol. The number of carbonyl (C=O) groups is 1. The molecule has 4 nitrogen and oxygen atoms in total. The number of rotatable bonds is 2. The topological polar surface area (TPSA) is 46.9 Å². The molecule has 1 N–H and O–H groups in total. The number of amides is 1. The van der Waals surface area contributed by atoms with Crippen molar-refractivity contribution in [2.24, 2.45) is 12.5 Å². The Hall–Kier alpha value is -2.88. The van der Waals surface area contributed by atoms with Gasteiger partial charge in [0.15, 0.2) is 0 Å². The summed E-state index contributed by atoms with van der Waals surface area (Å²) < 4.78 is 2.22. The lowest BCUT2D eigenvalue weighted by Gasteiger charge is -2.18. The zero-order valence-electron chi connectivity index (χ0n) is 16.6. The Morgan fingerprint density at radius 1 is 1.11 bits per heavy atom. The fraction of sp³-hybridized carbons (Fsp3) is 0.304. The molecule has 138 valence electrons. The van der Waals surface area contributed by atoms with Crippen LogP contribution in [0, 0.1) is 12.3 Å². The van der Waals surface area contributed by atoms with E-state index in [2.05, 4.69) is 61.7 Å². The lowest BCUT2D eigenvalue weighted by molar-refractivity contribution is 0.0939. The van der Waals surface area contributed by atoms with Gasteiger partial charge in [0, 0.05) is 53.2 Å². The Balaban J connectivity index is 1.90. The smallest absolute Gasteiger partial charge is 0.251 e. The van der Waals surface area contributed by atoms with Crippen molar-refractivity contribution < 1.29 is 4.79 Å². The molecule has 2 aromatic carbocycles. The van der Waals surface area contributed by atoms with Crippen LogP contribution in [0.15, 0.2) is 42.7 Å². The number of pyridine rings is 1. The molecule has 0 unspecified atom stereocenters. The summed E-state index contributed by atoms with van der Waals surface area (Å²) in [4.78, 5) is 16.9. The summed E-state index contributed by atoms with van der Waals surface area (Å²) >= 11 is 0. The monoisotopic (exact) mass is 359 g/mol. The molecule has 4 rings (SSSR count). The number of carbonyl (C=O) groups excluding carboxylic acids is 1. The molecule has 27 heavy (non-hydrogen) atoms. The number of nitrogens with one attached hydrogen (secondary N) is 1. The molecule has 4 heteroatoms. The van der Waals surface area contributed by atoms with Gasteiger partial charge >= 0.3 is 0 Å². The highest BCUT2D eigenvalue weighted by molar-refractivity contribution is 6.15. The molecule has 0 saturated carbocycles. The van der Waals surface area contributed by atoms with Crippen LogP contribution in [0.3, 0.4) is 0 Å². The van der Waals surface area contributed by atoms with Crippen LogP contribution >= 0.6 is 0 Å². The molecule has 2 aromatic heterocycles. The van der Waals surface area contributed by atoms with Gasteiger partial charge in [-0.05, 0) is 53.6 Å². The molecule has 0 spiro atoms. The van der Waals surface area contributed by atoms with E-state index in [0.717, 1.165) is 21.7 Å². The minimum Gasteiger partial charge on any atom is -0.352 e. The van der Waals surface area contributed by atoms with Crippen molar-refractivity contribution in [3.8, 4) is 0 Å². The first-order valence-electron chi connectivity index (χ1n) is 9.30. The van der Waals surface area contributed by atoms with Crippen molar-refractivity contribution >= 4 is 38.5 Å². The second kappa shape index (κ2) is 6.08. The second-order valence-corrected chi connectivity index (χ2v) is 8.53. The molecule has 0 aliphatic rings. The van der Waals surface area contributed by atoms with E-state index in [4.69, 9.17) is 0 Å². The van der Waals surface area contributed by atoms with Crippen LogP contribution < -0.4 is 5.32 Å². The third-order valence-corrected chi connectivity index (χ3v) is 5.19. The minimum atomic E-state index is -0.0250. The highest BCUT2D eigenvalue weighted by Crippen LogP contribution is 2.35. The molecule has 0 aliphatic carbocycles. The van der Waals surface area contributed by atoms with Gasteiger partial charge in [0.25, 0.3) is 5.91 Å². The maximum atomic E-state index is 12.6. The van der Waals surface area contributed by atoms with Crippen molar-refractivity contribution in [1.29, 1.82) is 0 Å². The maximum Gasteiger partial charge on any atom is 0.251 e. The molecule has 0 atom stereocenters. The summed E-state index contributed by atoms with van der Waals surface area (Å²) in [7, 11) is 2.09. The summed E-state index contributed by atoms with van der Waals surface area (Å²) in [6.45, 7) is 9.14. The average molecular weight is 359 g/mol. The van der Waals surface area contributed by atoms with Gasteiger partial charge in [0.05, 0.1) is 5.52 Å². The zero-order chi connectivity index (χ0) is 19.3. The fourth-order valence-corrected chi connectivity index (χ4v) is 3.81. The lowest BCUT2D eigenvalue weighted by Crippen LogP contribution is -2.32. The first-order chi connectivity index (χ1) is 12.8. The predicted molar refractivity (Wildman–Crippen MR) is 112 cm³/mol. The number of aromatic nitrogens is 2. The Labute approximate surface area is 159 Å². The van der Waals surface area contributed by atoms with E-state index in [0.29, 0.717) is 12.1 Å². The summed E-state index contributed by atoms with van der Waals surface area (Å²) in [5.41, 5.74) is 4.33. The Bertz CT molecular complexity index is 1200. The lowest BCUT2D eigenvalue weighted by atomic mass is 9.97. The van der Waals surface area contributed by atoms with Gasteiger partial charge in [0.1, 0.15) is 0 Å². The first-order valence-corrected chi connectivity index (χ1v) is 9.30. The Morgan fingerprint density at radius 2 is 1.89 bits per heavy atom. The van der Waals surface area contributed by atoms with Crippen LogP contribution in [0.2, 0.25) is 0 Å². The molecule has 2 heterocycles. The fourth-order valence-electron chi connectivity index (χ4n) is 3.81. The standard InChI is InChI=1S/C23H25N3O/c1-14-17-8-9-24-12-16(17)11-19-18-10-15(22(27)25-13-23(2,3)4)6-7-20(18)26(5)21(14)19/h6-12H,13H2,1-5H3,(H,25,27). The van der Waals surface area contributed by atoms with Gasteiger partial charge in [-0.1, -0.05) is 20.8 Å². The number of aryl methyl sites for hydroxylation is 2. The van der Waals surface area contributed by atoms with E-state index in [1.807, 2.05) is 30.6 Å². The van der Waals surface area contributed by atoms with Crippen molar-refractivity contribution in [3.63, 3.8) is 0 Å². The van der Waals surface area contributed by atoms with Gasteiger partial charge in [0.2, 0.25) is 0 Å². The van der Waals surface area contributed by atoms with Gasteiger partial charge in [-0.15, -0.1) is 0 Å². The molecule has 0 radical (unpaired) electrons. The van der Waals surface area contributed by atoms with Crippen molar-refractivity contribution in [2.75, 3.05) is 6.54 Å². The molecule has 1 amide bonds. The van der Waals surface area contributed by atoms with Gasteiger partial charge in [-0.2, -0.15) is 0 Å². The van der Waals surface area contributed by atoms with Crippen LogP contribution in [0.25, 0.3) is 32.6 Å². The van der Waals surface area contributed by atoms with E-state index < -0.39 is 0 Å². The average Bonchev–Trinajstić information content (AvgIpc) is 2.91. The normalized spacial score (nSPS) is 12.2. The Kier molecular flexibility index (Phi) is 3.95. The largest absolute Gasteiger partial charge is 0.352 e. The Morgan fingerprint density at radius 3 is 2.63 bits per heavy atom. The van der Waals surface area contributed by atoms with E-state index in [1.165, 1.54) is 16.5 Å². The summed E-state index contributed by atoms with van der Waals surface area (Å²) in [5.74, 6) is -0.0250. The highest BCUT2D eigenvalue weighted by Gasteiger charge is 2.17. The molecule has 0 bridgehead atoms.